The zero-order valence-electron chi connectivity index (χ0n) is 12.9. The lowest BCUT2D eigenvalue weighted by Gasteiger charge is -2.18. The molecule has 2 N–H and O–H groups in total. The van der Waals surface area contributed by atoms with Crippen molar-refractivity contribution in [2.24, 2.45) is 0 Å². The quantitative estimate of drug-likeness (QED) is 0.621. The normalized spacial score (nSPS) is 11.9. The predicted octanol–water partition coefficient (Wildman–Crippen LogP) is 4.83. The van der Waals surface area contributed by atoms with E-state index in [0.717, 1.165) is 15.7 Å². The molecule has 0 saturated heterocycles. The van der Waals surface area contributed by atoms with Crippen molar-refractivity contribution in [2.75, 3.05) is 11.9 Å². The van der Waals surface area contributed by atoms with Crippen molar-refractivity contribution < 1.29 is 4.79 Å². The smallest absolute Gasteiger partial charge is 0.238 e. The Hall–Kier alpha value is -1.95. The van der Waals surface area contributed by atoms with Crippen LogP contribution in [-0.4, -0.2) is 12.5 Å². The molecule has 2 aromatic carbocycles. The number of benzene rings is 2. The standard InChI is InChI=1S/C19H17BrN2OS/c20-15-8-4-9-16(12-15)22-18(23)13-21-19(17-10-5-11-24-17)14-6-2-1-3-7-14/h1-12,19,21H,13H2,(H,22,23)/t19-/m0/s1. The molecule has 0 bridgehead atoms. The van der Waals surface area contributed by atoms with Crippen molar-refractivity contribution in [1.29, 1.82) is 0 Å². The first-order valence-corrected chi connectivity index (χ1v) is 9.27. The van der Waals surface area contributed by atoms with E-state index >= 15 is 0 Å². The van der Waals surface area contributed by atoms with E-state index in [2.05, 4.69) is 50.1 Å². The Bertz CT molecular complexity index is 790. The molecular formula is C19H17BrN2OS. The summed E-state index contributed by atoms with van der Waals surface area (Å²) in [5, 5.41) is 8.32. The predicted molar refractivity (Wildman–Crippen MR) is 103 cm³/mol. The highest BCUT2D eigenvalue weighted by molar-refractivity contribution is 9.10. The second kappa shape index (κ2) is 8.24. The number of nitrogens with one attached hydrogen (secondary N) is 2. The van der Waals surface area contributed by atoms with Gasteiger partial charge in [0.1, 0.15) is 0 Å². The highest BCUT2D eigenvalue weighted by Gasteiger charge is 2.15. The lowest BCUT2D eigenvalue weighted by molar-refractivity contribution is -0.115. The van der Waals surface area contributed by atoms with Gasteiger partial charge in [0.2, 0.25) is 5.91 Å². The first-order valence-electron chi connectivity index (χ1n) is 7.59. The average Bonchev–Trinajstić information content (AvgIpc) is 3.10. The maximum atomic E-state index is 12.2. The van der Waals surface area contributed by atoms with Crippen LogP contribution >= 0.6 is 27.3 Å². The van der Waals surface area contributed by atoms with E-state index in [1.165, 1.54) is 4.88 Å². The lowest BCUT2D eigenvalue weighted by Crippen LogP contribution is -2.31. The van der Waals surface area contributed by atoms with Gasteiger partial charge in [0, 0.05) is 15.0 Å². The van der Waals surface area contributed by atoms with E-state index in [1.807, 2.05) is 48.5 Å². The second-order valence-corrected chi connectivity index (χ2v) is 7.19. The van der Waals surface area contributed by atoms with Crippen LogP contribution in [0.2, 0.25) is 0 Å². The van der Waals surface area contributed by atoms with Gasteiger partial charge < -0.3 is 5.32 Å². The van der Waals surface area contributed by atoms with Gasteiger partial charge >= 0.3 is 0 Å². The van der Waals surface area contributed by atoms with E-state index in [1.54, 1.807) is 11.3 Å². The van der Waals surface area contributed by atoms with E-state index in [-0.39, 0.29) is 18.5 Å². The Morgan fingerprint density at radius 3 is 2.58 bits per heavy atom. The van der Waals surface area contributed by atoms with Gasteiger partial charge in [-0.1, -0.05) is 58.4 Å². The zero-order valence-corrected chi connectivity index (χ0v) is 15.3. The molecule has 0 fully saturated rings. The molecule has 0 spiro atoms. The Kier molecular flexibility index (Phi) is 5.80. The summed E-state index contributed by atoms with van der Waals surface area (Å²) in [6.07, 6.45) is 0. The maximum absolute atomic E-state index is 12.2. The van der Waals surface area contributed by atoms with Crippen LogP contribution in [-0.2, 0) is 4.79 Å². The van der Waals surface area contributed by atoms with Crippen LogP contribution in [0.25, 0.3) is 0 Å². The summed E-state index contributed by atoms with van der Waals surface area (Å²) in [4.78, 5) is 13.4. The molecule has 3 rings (SSSR count). The monoisotopic (exact) mass is 400 g/mol. The van der Waals surface area contributed by atoms with Crippen LogP contribution in [0.4, 0.5) is 5.69 Å². The lowest BCUT2D eigenvalue weighted by atomic mass is 10.1. The summed E-state index contributed by atoms with van der Waals surface area (Å²) in [6.45, 7) is 0.240. The van der Waals surface area contributed by atoms with Gasteiger partial charge in [0.15, 0.2) is 0 Å². The van der Waals surface area contributed by atoms with Crippen molar-refractivity contribution in [2.45, 2.75) is 6.04 Å². The number of anilines is 1. The number of rotatable bonds is 6. The molecule has 1 aromatic heterocycles. The Balaban J connectivity index is 1.67. The second-order valence-electron chi connectivity index (χ2n) is 5.30. The molecule has 0 unspecified atom stereocenters. The summed E-state index contributed by atoms with van der Waals surface area (Å²) in [6, 6.07) is 21.9. The van der Waals surface area contributed by atoms with Crippen LogP contribution in [0.15, 0.2) is 76.6 Å². The minimum absolute atomic E-state index is 0.0134. The van der Waals surface area contributed by atoms with Crippen molar-refractivity contribution >= 4 is 38.9 Å². The number of carbonyl (C=O) groups is 1. The van der Waals surface area contributed by atoms with Gasteiger partial charge in [0.05, 0.1) is 12.6 Å². The van der Waals surface area contributed by atoms with Gasteiger partial charge in [-0.25, -0.2) is 0 Å². The summed E-state index contributed by atoms with van der Waals surface area (Å²) in [7, 11) is 0. The zero-order chi connectivity index (χ0) is 16.8. The number of amides is 1. The Labute approximate surface area is 153 Å². The molecule has 0 radical (unpaired) electrons. The molecule has 3 aromatic rings. The van der Waals surface area contributed by atoms with Gasteiger partial charge in [-0.2, -0.15) is 0 Å². The van der Waals surface area contributed by atoms with Crippen LogP contribution in [0.1, 0.15) is 16.5 Å². The molecule has 3 nitrogen and oxygen atoms in total. The molecule has 0 aliphatic rings. The van der Waals surface area contributed by atoms with Crippen molar-refractivity contribution in [1.82, 2.24) is 5.32 Å². The Morgan fingerprint density at radius 1 is 1.04 bits per heavy atom. The van der Waals surface area contributed by atoms with Gasteiger partial charge in [-0.05, 0) is 35.2 Å². The fourth-order valence-electron chi connectivity index (χ4n) is 2.45. The van der Waals surface area contributed by atoms with E-state index in [9.17, 15) is 4.79 Å². The van der Waals surface area contributed by atoms with E-state index < -0.39 is 0 Å². The Morgan fingerprint density at radius 2 is 1.88 bits per heavy atom. The average molecular weight is 401 g/mol. The highest BCUT2D eigenvalue weighted by Crippen LogP contribution is 2.25. The fraction of sp³-hybridized carbons (Fsp3) is 0.105. The first-order chi connectivity index (χ1) is 11.7. The minimum atomic E-state index is -0.0643. The fourth-order valence-corrected chi connectivity index (χ4v) is 3.68. The summed E-state index contributed by atoms with van der Waals surface area (Å²) >= 11 is 5.09. The summed E-state index contributed by atoms with van der Waals surface area (Å²) < 4.78 is 0.939. The topological polar surface area (TPSA) is 41.1 Å². The SMILES string of the molecule is O=C(CN[C@@H](c1ccccc1)c1cccs1)Nc1cccc(Br)c1. The minimum Gasteiger partial charge on any atom is -0.325 e. The molecule has 1 heterocycles. The van der Waals surface area contributed by atoms with Crippen LogP contribution < -0.4 is 10.6 Å². The number of thiophene rings is 1. The van der Waals surface area contributed by atoms with Crippen molar-refractivity contribution in [3.8, 4) is 0 Å². The molecule has 0 saturated carbocycles. The summed E-state index contributed by atoms with van der Waals surface area (Å²) in [5.41, 5.74) is 1.93. The van der Waals surface area contributed by atoms with Crippen LogP contribution in [0.3, 0.4) is 0 Å². The summed E-state index contributed by atoms with van der Waals surface area (Å²) in [5.74, 6) is -0.0643. The third kappa shape index (κ3) is 4.54. The van der Waals surface area contributed by atoms with Gasteiger partial charge in [0.25, 0.3) is 0 Å². The molecule has 1 atom stereocenters. The molecule has 0 aliphatic heterocycles. The first kappa shape index (κ1) is 16.9. The number of hydrogen-bond donors (Lipinski definition) is 2. The molecule has 1 amide bonds. The number of halogens is 1. The van der Waals surface area contributed by atoms with Crippen LogP contribution in [0, 0.1) is 0 Å². The van der Waals surface area contributed by atoms with Crippen molar-refractivity contribution in [3.63, 3.8) is 0 Å². The molecule has 122 valence electrons. The molecule has 0 aliphatic carbocycles. The van der Waals surface area contributed by atoms with Gasteiger partial charge in [-0.3, -0.25) is 10.1 Å². The van der Waals surface area contributed by atoms with Crippen LogP contribution in [0.5, 0.6) is 0 Å². The van der Waals surface area contributed by atoms with E-state index in [4.69, 9.17) is 0 Å². The highest BCUT2D eigenvalue weighted by atomic mass is 79.9. The maximum Gasteiger partial charge on any atom is 0.238 e. The third-order valence-corrected chi connectivity index (χ3v) is 4.97. The molecule has 24 heavy (non-hydrogen) atoms. The van der Waals surface area contributed by atoms with Gasteiger partial charge in [-0.15, -0.1) is 11.3 Å². The molecule has 5 heteroatoms. The third-order valence-electron chi connectivity index (χ3n) is 3.54. The van der Waals surface area contributed by atoms with E-state index in [0.29, 0.717) is 0 Å². The number of carbonyl (C=O) groups excluding carboxylic acids is 1. The van der Waals surface area contributed by atoms with Crippen molar-refractivity contribution in [3.05, 3.63) is 87.0 Å². The number of hydrogen-bond acceptors (Lipinski definition) is 3. The molecular weight excluding hydrogens is 384 g/mol. The largest absolute Gasteiger partial charge is 0.325 e.